The molecule has 2 N–H and O–H groups in total. The summed E-state index contributed by atoms with van der Waals surface area (Å²) < 4.78 is 14.1. The van der Waals surface area contributed by atoms with E-state index < -0.39 is 17.3 Å². The Hall–Kier alpha value is -0.800. The van der Waals surface area contributed by atoms with Crippen molar-refractivity contribution in [3.63, 3.8) is 0 Å². The third-order valence-electron chi connectivity index (χ3n) is 4.31. The zero-order chi connectivity index (χ0) is 9.97. The Bertz CT molecular complexity index is 308. The average molecular weight is 199 g/mol. The number of amides is 1. The number of hydrogen-bond acceptors (Lipinski definition) is 1. The fraction of sp³-hybridized carbons (Fsp3) is 0.900. The number of carboxylic acid groups (broad SMARTS) is 1. The van der Waals surface area contributed by atoms with Crippen molar-refractivity contribution in [2.75, 3.05) is 0 Å². The van der Waals surface area contributed by atoms with Gasteiger partial charge in [0.05, 0.1) is 0 Å². The molecule has 4 heteroatoms. The van der Waals surface area contributed by atoms with Crippen LogP contribution in [0, 0.1) is 11.8 Å². The first-order valence-electron chi connectivity index (χ1n) is 5.21. The van der Waals surface area contributed by atoms with Gasteiger partial charge in [-0.25, -0.2) is 9.18 Å². The lowest BCUT2D eigenvalue weighted by Gasteiger charge is -2.35. The van der Waals surface area contributed by atoms with Crippen molar-refractivity contribution in [3.8, 4) is 0 Å². The maximum Gasteiger partial charge on any atom is 0.405 e. The molecule has 0 spiro atoms. The summed E-state index contributed by atoms with van der Waals surface area (Å²) in [5, 5.41) is 11.3. The second-order valence-corrected chi connectivity index (χ2v) is 5.32. The molecule has 4 unspecified atom stereocenters. The van der Waals surface area contributed by atoms with Crippen molar-refractivity contribution in [1.82, 2.24) is 5.32 Å². The highest BCUT2D eigenvalue weighted by Gasteiger charge is 2.65. The van der Waals surface area contributed by atoms with Gasteiger partial charge in [0.15, 0.2) is 0 Å². The van der Waals surface area contributed by atoms with Crippen LogP contribution in [0.5, 0.6) is 0 Å². The molecule has 4 aliphatic carbocycles. The van der Waals surface area contributed by atoms with E-state index in [2.05, 4.69) is 5.32 Å². The molecule has 0 saturated heterocycles. The number of alkyl halides is 1. The molecular formula is C10H14FNO2. The van der Waals surface area contributed by atoms with E-state index in [-0.39, 0.29) is 5.92 Å². The lowest BCUT2D eigenvalue weighted by Crippen LogP contribution is -2.50. The van der Waals surface area contributed by atoms with E-state index in [1.807, 2.05) is 0 Å². The third kappa shape index (κ3) is 0.940. The molecule has 78 valence electrons. The summed E-state index contributed by atoms with van der Waals surface area (Å²) in [6.07, 6.45) is 2.52. The van der Waals surface area contributed by atoms with E-state index in [1.54, 1.807) is 0 Å². The van der Waals surface area contributed by atoms with Gasteiger partial charge in [0.1, 0.15) is 5.67 Å². The molecule has 1 amide bonds. The predicted octanol–water partition coefficient (Wildman–Crippen LogP) is 1.92. The van der Waals surface area contributed by atoms with Gasteiger partial charge in [0.2, 0.25) is 0 Å². The predicted molar refractivity (Wildman–Crippen MR) is 47.8 cm³/mol. The Balaban J connectivity index is 1.92. The van der Waals surface area contributed by atoms with E-state index in [9.17, 15) is 9.18 Å². The number of hydrogen-bond donors (Lipinski definition) is 2. The van der Waals surface area contributed by atoms with Gasteiger partial charge >= 0.3 is 6.09 Å². The molecule has 0 aromatic carbocycles. The summed E-state index contributed by atoms with van der Waals surface area (Å²) in [5.41, 5.74) is -1.47. The summed E-state index contributed by atoms with van der Waals surface area (Å²) in [5.74, 6) is 0.668. The molecular weight excluding hydrogens is 185 g/mol. The molecule has 0 heterocycles. The van der Waals surface area contributed by atoms with Crippen molar-refractivity contribution < 1.29 is 14.3 Å². The molecule has 14 heavy (non-hydrogen) atoms. The van der Waals surface area contributed by atoms with Gasteiger partial charge in [0, 0.05) is 12.0 Å². The highest BCUT2D eigenvalue weighted by Crippen LogP contribution is 2.63. The van der Waals surface area contributed by atoms with E-state index >= 15 is 0 Å². The fourth-order valence-electron chi connectivity index (χ4n) is 4.21. The Labute approximate surface area is 81.7 Å². The second-order valence-electron chi connectivity index (χ2n) is 5.32. The molecule has 0 aromatic heterocycles. The Morgan fingerprint density at radius 3 is 2.86 bits per heavy atom. The van der Waals surface area contributed by atoms with Gasteiger partial charge in [-0.15, -0.1) is 0 Å². The standard InChI is InChI=1S/C10H14FNO2/c11-9-2-6-1-7(4-9)10(3-6,5-9)12-8(13)14/h6-7,12H,1-5H2,(H,13,14). The smallest absolute Gasteiger partial charge is 0.405 e. The highest BCUT2D eigenvalue weighted by molar-refractivity contribution is 5.66. The van der Waals surface area contributed by atoms with E-state index in [0.29, 0.717) is 25.2 Å². The first-order chi connectivity index (χ1) is 6.51. The molecule has 4 bridgehead atoms. The Morgan fingerprint density at radius 2 is 2.21 bits per heavy atom. The first-order valence-corrected chi connectivity index (χ1v) is 5.21. The maximum atomic E-state index is 14.1. The van der Waals surface area contributed by atoms with Crippen LogP contribution < -0.4 is 5.32 Å². The van der Waals surface area contributed by atoms with Crippen molar-refractivity contribution in [1.29, 1.82) is 0 Å². The quantitative estimate of drug-likeness (QED) is 0.677. The summed E-state index contributed by atoms with van der Waals surface area (Å²) in [4.78, 5) is 10.7. The lowest BCUT2D eigenvalue weighted by atomic mass is 9.78. The van der Waals surface area contributed by atoms with Crippen LogP contribution in [0.15, 0.2) is 0 Å². The van der Waals surface area contributed by atoms with Gasteiger partial charge in [0.25, 0.3) is 0 Å². The second kappa shape index (κ2) is 2.23. The van der Waals surface area contributed by atoms with Crippen LogP contribution in [-0.4, -0.2) is 22.4 Å². The van der Waals surface area contributed by atoms with E-state index in [0.717, 1.165) is 12.8 Å². The molecule has 3 nitrogen and oxygen atoms in total. The number of nitrogens with one attached hydrogen (secondary N) is 1. The SMILES string of the molecule is O=C(O)NC12CC3CC1CC(F)(C3)C2. The minimum atomic E-state index is -1.06. The molecule has 0 aromatic rings. The summed E-state index contributed by atoms with van der Waals surface area (Å²) >= 11 is 0. The number of rotatable bonds is 1. The number of halogens is 1. The van der Waals surface area contributed by atoms with Crippen LogP contribution in [0.2, 0.25) is 0 Å². The normalized spacial score (nSPS) is 53.8. The Kier molecular flexibility index (Phi) is 1.35. The van der Waals surface area contributed by atoms with Crippen LogP contribution in [-0.2, 0) is 0 Å². The minimum Gasteiger partial charge on any atom is -0.465 e. The molecule has 4 aliphatic rings. The summed E-state index contributed by atoms with van der Waals surface area (Å²) in [7, 11) is 0. The van der Waals surface area contributed by atoms with E-state index in [4.69, 9.17) is 5.11 Å². The molecule has 4 rings (SSSR count). The lowest BCUT2D eigenvalue weighted by molar-refractivity contribution is 0.0727. The van der Waals surface area contributed by atoms with Crippen LogP contribution in [0.25, 0.3) is 0 Å². The molecule has 4 fully saturated rings. The van der Waals surface area contributed by atoms with Crippen molar-refractivity contribution in [2.45, 2.75) is 43.3 Å². The van der Waals surface area contributed by atoms with Crippen LogP contribution in [0.3, 0.4) is 0 Å². The largest absolute Gasteiger partial charge is 0.465 e. The number of carbonyl (C=O) groups is 1. The third-order valence-corrected chi connectivity index (χ3v) is 4.31. The van der Waals surface area contributed by atoms with Gasteiger partial charge in [-0.05, 0) is 37.5 Å². The van der Waals surface area contributed by atoms with Crippen molar-refractivity contribution >= 4 is 6.09 Å². The van der Waals surface area contributed by atoms with Crippen molar-refractivity contribution in [3.05, 3.63) is 0 Å². The average Bonchev–Trinajstić information content (AvgIpc) is 2.29. The zero-order valence-electron chi connectivity index (χ0n) is 7.92. The highest BCUT2D eigenvalue weighted by atomic mass is 19.1. The zero-order valence-corrected chi connectivity index (χ0v) is 7.92. The van der Waals surface area contributed by atoms with Gasteiger partial charge in [-0.1, -0.05) is 0 Å². The van der Waals surface area contributed by atoms with Gasteiger partial charge in [-0.2, -0.15) is 0 Å². The van der Waals surface area contributed by atoms with Crippen LogP contribution >= 0.6 is 0 Å². The van der Waals surface area contributed by atoms with Crippen LogP contribution in [0.1, 0.15) is 32.1 Å². The maximum absolute atomic E-state index is 14.1. The molecule has 4 saturated carbocycles. The van der Waals surface area contributed by atoms with Crippen molar-refractivity contribution in [2.24, 2.45) is 11.8 Å². The minimum absolute atomic E-state index is 0.252. The summed E-state index contributed by atoms with van der Waals surface area (Å²) in [6, 6.07) is 0. The van der Waals surface area contributed by atoms with E-state index in [1.165, 1.54) is 0 Å². The molecule has 4 atom stereocenters. The topological polar surface area (TPSA) is 49.3 Å². The van der Waals surface area contributed by atoms with Gasteiger partial charge < -0.3 is 10.4 Å². The molecule has 0 aliphatic heterocycles. The monoisotopic (exact) mass is 199 g/mol. The van der Waals surface area contributed by atoms with Gasteiger partial charge in [-0.3, -0.25) is 0 Å². The fourth-order valence-corrected chi connectivity index (χ4v) is 4.21. The first kappa shape index (κ1) is 8.50. The summed E-state index contributed by atoms with van der Waals surface area (Å²) in [6.45, 7) is 0. The molecule has 0 radical (unpaired) electrons. The Morgan fingerprint density at radius 1 is 1.43 bits per heavy atom. The van der Waals surface area contributed by atoms with Crippen LogP contribution in [0.4, 0.5) is 9.18 Å².